The number of rotatable bonds is 4. The van der Waals surface area contributed by atoms with Gasteiger partial charge in [-0.2, -0.15) is 0 Å². The van der Waals surface area contributed by atoms with Gasteiger partial charge in [-0.05, 0) is 26.0 Å². The first-order valence-corrected chi connectivity index (χ1v) is 5.99. The summed E-state index contributed by atoms with van der Waals surface area (Å²) >= 11 is 0. The molecule has 1 heterocycles. The van der Waals surface area contributed by atoms with Gasteiger partial charge < -0.3 is 5.32 Å². The molecule has 1 aromatic rings. The highest BCUT2D eigenvalue weighted by Crippen LogP contribution is 2.18. The van der Waals surface area contributed by atoms with Gasteiger partial charge in [-0.3, -0.25) is 0 Å². The summed E-state index contributed by atoms with van der Waals surface area (Å²) in [6, 6.07) is 2.05. The monoisotopic (exact) mass is 221 g/mol. The smallest absolute Gasteiger partial charge is 0.134 e. The third-order valence-corrected chi connectivity index (χ3v) is 2.31. The third-order valence-electron chi connectivity index (χ3n) is 2.31. The van der Waals surface area contributed by atoms with E-state index in [9.17, 15) is 0 Å². The van der Waals surface area contributed by atoms with Crippen LogP contribution in [0.25, 0.3) is 0 Å². The second-order valence-corrected chi connectivity index (χ2v) is 5.25. The second kappa shape index (κ2) is 5.39. The van der Waals surface area contributed by atoms with Gasteiger partial charge >= 0.3 is 0 Å². The maximum Gasteiger partial charge on any atom is 0.134 e. The van der Waals surface area contributed by atoms with Crippen molar-refractivity contribution in [3.8, 4) is 0 Å². The molecule has 0 fully saturated rings. The van der Waals surface area contributed by atoms with Crippen LogP contribution >= 0.6 is 0 Å². The van der Waals surface area contributed by atoms with Crippen molar-refractivity contribution < 1.29 is 0 Å². The zero-order chi connectivity index (χ0) is 12.2. The molecule has 0 aliphatic carbocycles. The van der Waals surface area contributed by atoms with E-state index in [0.29, 0.717) is 0 Å². The minimum absolute atomic E-state index is 0.0194. The average Bonchev–Trinajstić information content (AvgIpc) is 2.16. The molecule has 0 aliphatic rings. The fourth-order valence-electron chi connectivity index (χ4n) is 1.45. The van der Waals surface area contributed by atoms with E-state index in [4.69, 9.17) is 0 Å². The van der Waals surface area contributed by atoms with Crippen molar-refractivity contribution in [1.29, 1.82) is 0 Å². The predicted octanol–water partition coefficient (Wildman–Crippen LogP) is 2.58. The van der Waals surface area contributed by atoms with Crippen LogP contribution in [0.15, 0.2) is 6.07 Å². The fourth-order valence-corrected chi connectivity index (χ4v) is 1.45. The van der Waals surface area contributed by atoms with Crippen molar-refractivity contribution >= 4 is 0 Å². The van der Waals surface area contributed by atoms with E-state index in [1.165, 1.54) is 0 Å². The van der Waals surface area contributed by atoms with Gasteiger partial charge in [-0.1, -0.05) is 27.7 Å². The fraction of sp³-hybridized carbons (Fsp3) is 0.692. The second-order valence-electron chi connectivity index (χ2n) is 5.25. The van der Waals surface area contributed by atoms with Gasteiger partial charge in [0.2, 0.25) is 0 Å². The Kier molecular flexibility index (Phi) is 4.42. The van der Waals surface area contributed by atoms with Gasteiger partial charge in [-0.25, -0.2) is 9.97 Å². The maximum atomic E-state index is 4.60. The van der Waals surface area contributed by atoms with Crippen LogP contribution in [0.1, 0.15) is 51.3 Å². The Morgan fingerprint density at radius 2 is 1.94 bits per heavy atom. The van der Waals surface area contributed by atoms with Crippen LogP contribution in [0.2, 0.25) is 0 Å². The number of nitrogens with one attached hydrogen (secondary N) is 1. The predicted molar refractivity (Wildman–Crippen MR) is 67.5 cm³/mol. The summed E-state index contributed by atoms with van der Waals surface area (Å²) in [6.07, 6.45) is 1.15. The summed E-state index contributed by atoms with van der Waals surface area (Å²) < 4.78 is 0. The highest BCUT2D eigenvalue weighted by molar-refractivity contribution is 5.14. The van der Waals surface area contributed by atoms with Gasteiger partial charge in [0, 0.05) is 17.7 Å². The SMILES string of the molecule is CCCNCc1cc(C)nc(C(C)(C)C)n1. The van der Waals surface area contributed by atoms with Crippen LogP contribution in [0.5, 0.6) is 0 Å². The van der Waals surface area contributed by atoms with Crippen LogP contribution in [-0.2, 0) is 12.0 Å². The summed E-state index contributed by atoms with van der Waals surface area (Å²) in [5, 5.41) is 3.37. The molecule has 0 spiro atoms. The normalized spacial score (nSPS) is 11.8. The zero-order valence-corrected chi connectivity index (χ0v) is 11.1. The van der Waals surface area contributed by atoms with Gasteiger partial charge in [0.25, 0.3) is 0 Å². The lowest BCUT2D eigenvalue weighted by Crippen LogP contribution is -2.20. The van der Waals surface area contributed by atoms with Crippen LogP contribution in [0.3, 0.4) is 0 Å². The third kappa shape index (κ3) is 3.89. The molecule has 16 heavy (non-hydrogen) atoms. The largest absolute Gasteiger partial charge is 0.311 e. The molecule has 0 saturated heterocycles. The number of hydrogen-bond donors (Lipinski definition) is 1. The Bertz CT molecular complexity index is 340. The molecule has 90 valence electrons. The molecule has 0 aromatic carbocycles. The van der Waals surface area contributed by atoms with Crippen molar-refractivity contribution in [1.82, 2.24) is 15.3 Å². The molecule has 0 atom stereocenters. The first-order chi connectivity index (χ1) is 7.43. The van der Waals surface area contributed by atoms with Gasteiger partial charge in [0.15, 0.2) is 0 Å². The molecule has 0 aliphatic heterocycles. The molecular weight excluding hydrogens is 198 g/mol. The maximum absolute atomic E-state index is 4.60. The van der Waals surface area contributed by atoms with Crippen molar-refractivity contribution in [2.24, 2.45) is 0 Å². The van der Waals surface area contributed by atoms with E-state index < -0.39 is 0 Å². The highest BCUT2D eigenvalue weighted by atomic mass is 14.9. The minimum Gasteiger partial charge on any atom is -0.311 e. The topological polar surface area (TPSA) is 37.8 Å². The van der Waals surface area contributed by atoms with Crippen molar-refractivity contribution in [2.45, 2.75) is 53.0 Å². The summed E-state index contributed by atoms with van der Waals surface area (Å²) in [5.74, 6) is 0.931. The van der Waals surface area contributed by atoms with Crippen LogP contribution < -0.4 is 5.32 Å². The number of aromatic nitrogens is 2. The number of hydrogen-bond acceptors (Lipinski definition) is 3. The van der Waals surface area contributed by atoms with E-state index >= 15 is 0 Å². The molecule has 1 N–H and O–H groups in total. The Morgan fingerprint density at radius 1 is 1.25 bits per heavy atom. The minimum atomic E-state index is 0.0194. The Labute approximate surface area is 98.7 Å². The molecule has 3 nitrogen and oxygen atoms in total. The average molecular weight is 221 g/mol. The zero-order valence-electron chi connectivity index (χ0n) is 11.1. The standard InChI is InChI=1S/C13H23N3/c1-6-7-14-9-11-8-10(2)15-12(16-11)13(3,4)5/h8,14H,6-7,9H2,1-5H3. The van der Waals surface area contributed by atoms with Gasteiger partial charge in [0.05, 0.1) is 5.69 Å². The Morgan fingerprint density at radius 3 is 2.50 bits per heavy atom. The molecule has 0 saturated carbocycles. The molecule has 1 rings (SSSR count). The molecule has 0 radical (unpaired) electrons. The van der Waals surface area contributed by atoms with Gasteiger partial charge in [0.1, 0.15) is 5.82 Å². The van der Waals surface area contributed by atoms with E-state index in [-0.39, 0.29) is 5.41 Å². The quantitative estimate of drug-likeness (QED) is 0.794. The molecule has 0 amide bonds. The van der Waals surface area contributed by atoms with E-state index in [0.717, 1.165) is 36.7 Å². The Balaban J connectivity index is 2.82. The molecule has 0 unspecified atom stereocenters. The lowest BCUT2D eigenvalue weighted by molar-refractivity contribution is 0.535. The number of nitrogens with zero attached hydrogens (tertiary/aromatic N) is 2. The van der Waals surface area contributed by atoms with Crippen LogP contribution in [0, 0.1) is 6.92 Å². The van der Waals surface area contributed by atoms with Crippen LogP contribution in [0.4, 0.5) is 0 Å². The molecule has 1 aromatic heterocycles. The summed E-state index contributed by atoms with van der Waals surface area (Å²) in [6.45, 7) is 12.5. The number of aryl methyl sites for hydroxylation is 1. The lowest BCUT2D eigenvalue weighted by atomic mass is 9.95. The first-order valence-electron chi connectivity index (χ1n) is 5.99. The van der Waals surface area contributed by atoms with E-state index in [1.807, 2.05) is 6.92 Å². The summed E-state index contributed by atoms with van der Waals surface area (Å²) in [4.78, 5) is 9.10. The van der Waals surface area contributed by atoms with Gasteiger partial charge in [-0.15, -0.1) is 0 Å². The van der Waals surface area contributed by atoms with Crippen molar-refractivity contribution in [3.05, 3.63) is 23.3 Å². The first kappa shape index (κ1) is 13.1. The van der Waals surface area contributed by atoms with Crippen molar-refractivity contribution in [2.75, 3.05) is 6.54 Å². The molecule has 3 heteroatoms. The lowest BCUT2D eigenvalue weighted by Gasteiger charge is -2.18. The molecule has 0 bridgehead atoms. The highest BCUT2D eigenvalue weighted by Gasteiger charge is 2.18. The van der Waals surface area contributed by atoms with E-state index in [1.54, 1.807) is 0 Å². The Hall–Kier alpha value is -0.960. The summed E-state index contributed by atoms with van der Waals surface area (Å²) in [5.41, 5.74) is 2.16. The van der Waals surface area contributed by atoms with Crippen molar-refractivity contribution in [3.63, 3.8) is 0 Å². The van der Waals surface area contributed by atoms with E-state index in [2.05, 4.69) is 49.0 Å². The molecular formula is C13H23N3. The summed E-state index contributed by atoms with van der Waals surface area (Å²) in [7, 11) is 0. The van der Waals surface area contributed by atoms with Crippen LogP contribution in [-0.4, -0.2) is 16.5 Å².